The van der Waals surface area contributed by atoms with Crippen LogP contribution in [-0.4, -0.2) is 51.8 Å². The van der Waals surface area contributed by atoms with E-state index in [0.717, 1.165) is 48.8 Å². The summed E-state index contributed by atoms with van der Waals surface area (Å²) in [6, 6.07) is 16.2. The third kappa shape index (κ3) is 5.89. The van der Waals surface area contributed by atoms with E-state index in [1.165, 1.54) is 0 Å². The van der Waals surface area contributed by atoms with Gasteiger partial charge in [0.2, 0.25) is 17.7 Å². The molecule has 1 unspecified atom stereocenters. The molecule has 0 spiro atoms. The highest BCUT2D eigenvalue weighted by Crippen LogP contribution is 2.24. The quantitative estimate of drug-likeness (QED) is 0.503. The lowest BCUT2D eigenvalue weighted by Crippen LogP contribution is -2.49. The topological polar surface area (TPSA) is 88.3 Å². The molecule has 1 atom stereocenters. The fourth-order valence-electron chi connectivity index (χ4n) is 3.55. The molecule has 166 valence electrons. The highest BCUT2D eigenvalue weighted by Gasteiger charge is 2.28. The summed E-state index contributed by atoms with van der Waals surface area (Å²) < 4.78 is 5.63. The van der Waals surface area contributed by atoms with Crippen molar-refractivity contribution in [2.75, 3.05) is 18.8 Å². The number of nitrogens with zero attached hydrogens (tertiary/aromatic N) is 3. The van der Waals surface area contributed by atoms with Crippen molar-refractivity contribution in [1.29, 1.82) is 0 Å². The summed E-state index contributed by atoms with van der Waals surface area (Å²) in [6.45, 7) is 1.48. The second-order valence-electron chi connectivity index (χ2n) is 7.51. The zero-order valence-corrected chi connectivity index (χ0v) is 18.9. The van der Waals surface area contributed by atoms with Gasteiger partial charge in [0.05, 0.1) is 5.75 Å². The largest absolute Gasteiger partial charge is 0.411 e. The van der Waals surface area contributed by atoms with E-state index in [-0.39, 0.29) is 22.8 Å². The fraction of sp³-hybridized carbons (Fsp3) is 0.304. The van der Waals surface area contributed by atoms with Crippen LogP contribution >= 0.6 is 23.4 Å². The number of carbonyl (C=O) groups is 2. The molecular formula is C23H23ClN4O3S. The maximum Gasteiger partial charge on any atom is 0.277 e. The Bertz CT molecular complexity index is 1050. The lowest BCUT2D eigenvalue weighted by molar-refractivity contribution is -0.135. The van der Waals surface area contributed by atoms with Gasteiger partial charge < -0.3 is 14.6 Å². The second-order valence-corrected chi connectivity index (χ2v) is 8.87. The lowest BCUT2D eigenvalue weighted by atomic mass is 10.0. The first-order valence-corrected chi connectivity index (χ1v) is 11.8. The monoisotopic (exact) mass is 470 g/mol. The van der Waals surface area contributed by atoms with Gasteiger partial charge >= 0.3 is 0 Å². The molecule has 2 aromatic carbocycles. The molecule has 2 heterocycles. The van der Waals surface area contributed by atoms with Gasteiger partial charge in [-0.2, -0.15) is 0 Å². The number of rotatable bonds is 8. The van der Waals surface area contributed by atoms with Gasteiger partial charge in [0.15, 0.2) is 0 Å². The van der Waals surface area contributed by atoms with Crippen LogP contribution in [0.2, 0.25) is 5.02 Å². The molecule has 1 N–H and O–H groups in total. The third-order valence-corrected chi connectivity index (χ3v) is 6.23. The summed E-state index contributed by atoms with van der Waals surface area (Å²) >= 11 is 7.04. The van der Waals surface area contributed by atoms with Crippen molar-refractivity contribution in [2.45, 2.75) is 30.5 Å². The van der Waals surface area contributed by atoms with E-state index in [1.54, 1.807) is 24.3 Å². The smallest absolute Gasteiger partial charge is 0.277 e. The summed E-state index contributed by atoms with van der Waals surface area (Å²) in [5.74, 6) is 0.138. The zero-order valence-electron chi connectivity index (χ0n) is 17.4. The van der Waals surface area contributed by atoms with E-state index in [4.69, 9.17) is 16.0 Å². The Hall–Kier alpha value is -2.84. The number of nitrogens with one attached hydrogen (secondary N) is 1. The second kappa shape index (κ2) is 10.7. The van der Waals surface area contributed by atoms with Crippen LogP contribution in [0.25, 0.3) is 11.5 Å². The Morgan fingerprint density at radius 1 is 1.06 bits per heavy atom. The Balaban J connectivity index is 1.36. The predicted octanol–water partition coefficient (Wildman–Crippen LogP) is 3.83. The first-order chi connectivity index (χ1) is 15.6. The first-order valence-electron chi connectivity index (χ1n) is 10.4. The number of hydrogen-bond acceptors (Lipinski definition) is 6. The van der Waals surface area contributed by atoms with Crippen LogP contribution in [0.4, 0.5) is 0 Å². The summed E-state index contributed by atoms with van der Waals surface area (Å²) in [5, 5.41) is 11.8. The number of amides is 2. The maximum absolute atomic E-state index is 13.0. The van der Waals surface area contributed by atoms with Crippen LogP contribution in [0.5, 0.6) is 0 Å². The molecule has 1 aliphatic heterocycles. The molecule has 9 heteroatoms. The van der Waals surface area contributed by atoms with Gasteiger partial charge in [0, 0.05) is 30.1 Å². The van der Waals surface area contributed by atoms with E-state index in [2.05, 4.69) is 15.5 Å². The molecule has 2 amide bonds. The molecule has 0 bridgehead atoms. The van der Waals surface area contributed by atoms with Crippen LogP contribution < -0.4 is 5.32 Å². The van der Waals surface area contributed by atoms with Crippen molar-refractivity contribution in [2.24, 2.45) is 0 Å². The first kappa shape index (κ1) is 22.4. The van der Waals surface area contributed by atoms with Gasteiger partial charge in [0.1, 0.15) is 6.04 Å². The van der Waals surface area contributed by atoms with Crippen LogP contribution in [0, 0.1) is 0 Å². The molecule has 0 aliphatic carbocycles. The Morgan fingerprint density at radius 2 is 1.78 bits per heavy atom. The Labute approximate surface area is 195 Å². The zero-order chi connectivity index (χ0) is 22.3. The van der Waals surface area contributed by atoms with Crippen molar-refractivity contribution >= 4 is 35.2 Å². The number of halogens is 1. The fourth-order valence-corrected chi connectivity index (χ4v) is 4.25. The summed E-state index contributed by atoms with van der Waals surface area (Å²) in [5.41, 5.74) is 1.75. The number of likely N-dealkylation sites (tertiary alicyclic amines) is 1. The SMILES string of the molecule is O=C(CSc1nnc(-c2ccc(Cl)cc2)o1)NC(Cc1ccccc1)C(=O)N1CCCC1. The standard InChI is InChI=1S/C23H23ClN4O3S/c24-18-10-8-17(9-11-18)21-26-27-23(31-21)32-15-20(29)25-19(14-16-6-2-1-3-7-16)22(30)28-12-4-5-13-28/h1-3,6-11,19H,4-5,12-15H2,(H,25,29). The van der Waals surface area contributed by atoms with Gasteiger partial charge in [-0.1, -0.05) is 53.7 Å². The molecular weight excluding hydrogens is 448 g/mol. The van der Waals surface area contributed by atoms with Crippen molar-refractivity contribution in [3.8, 4) is 11.5 Å². The normalized spacial score (nSPS) is 14.3. The number of aromatic nitrogens is 2. The lowest BCUT2D eigenvalue weighted by Gasteiger charge is -2.24. The molecule has 0 radical (unpaired) electrons. The van der Waals surface area contributed by atoms with Crippen LogP contribution in [0.3, 0.4) is 0 Å². The summed E-state index contributed by atoms with van der Waals surface area (Å²) in [7, 11) is 0. The summed E-state index contributed by atoms with van der Waals surface area (Å²) in [6.07, 6.45) is 2.45. The minimum atomic E-state index is -0.601. The van der Waals surface area contributed by atoms with Crippen LogP contribution in [-0.2, 0) is 16.0 Å². The molecule has 1 aliphatic rings. The molecule has 7 nitrogen and oxygen atoms in total. The number of benzene rings is 2. The molecule has 32 heavy (non-hydrogen) atoms. The summed E-state index contributed by atoms with van der Waals surface area (Å²) in [4.78, 5) is 27.5. The maximum atomic E-state index is 13.0. The minimum absolute atomic E-state index is 0.0347. The number of hydrogen-bond donors (Lipinski definition) is 1. The minimum Gasteiger partial charge on any atom is -0.411 e. The van der Waals surface area contributed by atoms with Gasteiger partial charge in [0.25, 0.3) is 5.22 Å². The molecule has 4 rings (SSSR count). The van der Waals surface area contributed by atoms with Gasteiger partial charge in [-0.05, 0) is 42.7 Å². The van der Waals surface area contributed by atoms with E-state index in [9.17, 15) is 9.59 Å². The molecule has 1 aromatic heterocycles. The highest BCUT2D eigenvalue weighted by molar-refractivity contribution is 7.99. The predicted molar refractivity (Wildman–Crippen MR) is 123 cm³/mol. The average Bonchev–Trinajstić information content (AvgIpc) is 3.51. The molecule has 0 saturated carbocycles. The van der Waals surface area contributed by atoms with Crippen LogP contribution in [0.1, 0.15) is 18.4 Å². The number of carbonyl (C=O) groups excluding carboxylic acids is 2. The van der Waals surface area contributed by atoms with E-state index in [0.29, 0.717) is 17.3 Å². The van der Waals surface area contributed by atoms with Crippen molar-refractivity contribution in [3.63, 3.8) is 0 Å². The molecule has 1 saturated heterocycles. The van der Waals surface area contributed by atoms with Gasteiger partial charge in [-0.3, -0.25) is 9.59 Å². The molecule has 3 aromatic rings. The third-order valence-electron chi connectivity index (χ3n) is 5.16. The van der Waals surface area contributed by atoms with Crippen LogP contribution in [0.15, 0.2) is 64.2 Å². The Morgan fingerprint density at radius 3 is 2.50 bits per heavy atom. The highest BCUT2D eigenvalue weighted by atomic mass is 35.5. The van der Waals surface area contributed by atoms with Crippen molar-refractivity contribution in [3.05, 3.63) is 65.2 Å². The van der Waals surface area contributed by atoms with E-state index >= 15 is 0 Å². The van der Waals surface area contributed by atoms with Crippen molar-refractivity contribution in [1.82, 2.24) is 20.4 Å². The van der Waals surface area contributed by atoms with Crippen molar-refractivity contribution < 1.29 is 14.0 Å². The van der Waals surface area contributed by atoms with Gasteiger partial charge in [-0.15, -0.1) is 10.2 Å². The average molecular weight is 471 g/mol. The number of thioether (sulfide) groups is 1. The van der Waals surface area contributed by atoms with E-state index in [1.807, 2.05) is 35.2 Å². The Kier molecular flexibility index (Phi) is 7.44. The molecule has 1 fully saturated rings. The van der Waals surface area contributed by atoms with E-state index < -0.39 is 6.04 Å². The van der Waals surface area contributed by atoms with Gasteiger partial charge in [-0.25, -0.2) is 0 Å².